The molecule has 0 spiro atoms. The Labute approximate surface area is 238 Å². The fraction of sp³-hybridized carbons (Fsp3) is 0.520. The van der Waals surface area contributed by atoms with Crippen molar-refractivity contribution in [3.63, 3.8) is 0 Å². The van der Waals surface area contributed by atoms with Crippen LogP contribution in [0.15, 0.2) is 34.0 Å². The Balaban J connectivity index is 1.32. The molecule has 2 atom stereocenters. The smallest absolute Gasteiger partial charge is 0.350 e. The molecule has 4 N–H and O–H groups in total. The topological polar surface area (TPSA) is 187 Å². The van der Waals surface area contributed by atoms with E-state index in [0.717, 1.165) is 40.4 Å². The number of oxime groups is 1. The molecule has 3 aliphatic heterocycles. The predicted molar refractivity (Wildman–Crippen MR) is 145 cm³/mol. The number of likely N-dealkylation sites (tertiary alicyclic amines) is 1. The number of nitrogens with two attached hydrogens (primary N) is 1. The summed E-state index contributed by atoms with van der Waals surface area (Å²) in [6, 6.07) is -1.04. The van der Waals surface area contributed by atoms with E-state index in [0.29, 0.717) is 17.7 Å². The number of hydrogen-bond acceptors (Lipinski definition) is 11. The summed E-state index contributed by atoms with van der Waals surface area (Å²) < 4.78 is 0.892. The van der Waals surface area contributed by atoms with Gasteiger partial charge in [-0.3, -0.25) is 14.5 Å². The zero-order valence-corrected chi connectivity index (χ0v) is 23.5. The minimum Gasteiger partial charge on any atom is -0.543 e. The number of fused-ring (bicyclic) bond motifs is 1. The predicted octanol–water partition coefficient (Wildman–Crippen LogP) is -0.346. The third-order valence-corrected chi connectivity index (χ3v) is 9.81. The highest BCUT2D eigenvalue weighted by atomic mass is 32.2. The van der Waals surface area contributed by atoms with Gasteiger partial charge in [-0.1, -0.05) is 11.2 Å². The quantitative estimate of drug-likeness (QED) is 0.141. The molecule has 0 bridgehead atoms. The van der Waals surface area contributed by atoms with Crippen LogP contribution in [-0.2, 0) is 24.0 Å². The van der Waals surface area contributed by atoms with Gasteiger partial charge in [0.2, 0.25) is 5.60 Å². The Hall–Kier alpha value is -3.43. The van der Waals surface area contributed by atoms with Crippen LogP contribution in [0, 0.1) is 0 Å². The number of carbonyl (C=O) groups is 4. The molecule has 4 heterocycles. The molecule has 1 saturated carbocycles. The first-order valence-electron chi connectivity index (χ1n) is 12.9. The normalized spacial score (nSPS) is 25.3. The lowest BCUT2D eigenvalue weighted by molar-refractivity contribution is -0.891. The van der Waals surface area contributed by atoms with Crippen molar-refractivity contribution < 1.29 is 38.7 Å². The van der Waals surface area contributed by atoms with Crippen LogP contribution in [0.1, 0.15) is 37.8 Å². The minimum absolute atomic E-state index is 0.0666. The van der Waals surface area contributed by atoms with E-state index in [1.807, 2.05) is 6.08 Å². The molecular weight excluding hydrogens is 560 g/mol. The summed E-state index contributed by atoms with van der Waals surface area (Å²) in [6.45, 7) is 2.90. The van der Waals surface area contributed by atoms with Crippen molar-refractivity contribution in [2.75, 3.05) is 38.2 Å². The molecule has 40 heavy (non-hydrogen) atoms. The Morgan fingerprint density at radius 3 is 2.65 bits per heavy atom. The number of aromatic nitrogens is 1. The number of carboxylic acid groups (broad SMARTS) is 2. The van der Waals surface area contributed by atoms with Gasteiger partial charge in [-0.2, -0.15) is 0 Å². The van der Waals surface area contributed by atoms with Crippen molar-refractivity contribution in [2.45, 2.75) is 49.1 Å². The third-order valence-electron chi connectivity index (χ3n) is 7.83. The van der Waals surface area contributed by atoms with E-state index < -0.39 is 40.8 Å². The average Bonchev–Trinajstić information content (AvgIpc) is 3.51. The molecule has 0 aromatic carbocycles. The number of likely N-dealkylation sites (N-methyl/N-ethyl adjacent to an activating group) is 1. The number of rotatable bonds is 10. The van der Waals surface area contributed by atoms with Gasteiger partial charge in [-0.05, 0) is 18.1 Å². The van der Waals surface area contributed by atoms with Crippen molar-refractivity contribution >= 4 is 57.7 Å². The molecule has 3 fully saturated rings. The van der Waals surface area contributed by atoms with Crippen LogP contribution in [0.2, 0.25) is 0 Å². The van der Waals surface area contributed by atoms with Gasteiger partial charge in [0.25, 0.3) is 11.8 Å². The van der Waals surface area contributed by atoms with Gasteiger partial charge in [-0.15, -0.1) is 23.1 Å². The second kappa shape index (κ2) is 10.9. The van der Waals surface area contributed by atoms with Crippen LogP contribution < -0.4 is 16.2 Å². The molecular formula is C25H30N6O7S2. The van der Waals surface area contributed by atoms with E-state index in [-0.39, 0.29) is 35.1 Å². The average molecular weight is 591 g/mol. The van der Waals surface area contributed by atoms with E-state index in [1.54, 1.807) is 6.08 Å². The minimum atomic E-state index is -1.53. The van der Waals surface area contributed by atoms with Gasteiger partial charge in [-0.25, -0.2) is 9.78 Å². The maximum absolute atomic E-state index is 13.3. The molecule has 214 valence electrons. The number of anilines is 1. The van der Waals surface area contributed by atoms with Crippen LogP contribution in [0.3, 0.4) is 0 Å². The SMILES string of the molecule is C[N+]1(CC=CC2=C(C(=O)[O-])N3C(=O)C(NC(=O)/C(=N\OC4(C(=O)O)CCC4)c4csc(N)n4)[C@H]3SC2)CCCC1. The molecule has 13 nitrogen and oxygen atoms in total. The summed E-state index contributed by atoms with van der Waals surface area (Å²) in [5.41, 5.74) is 4.21. The molecule has 1 aromatic heterocycles. The summed E-state index contributed by atoms with van der Waals surface area (Å²) in [6.07, 6.45) is 7.15. The molecule has 1 aliphatic carbocycles. The second-order valence-electron chi connectivity index (χ2n) is 10.6. The first-order valence-corrected chi connectivity index (χ1v) is 14.9. The number of hydrogen-bond donors (Lipinski definition) is 3. The van der Waals surface area contributed by atoms with Crippen molar-refractivity contribution in [2.24, 2.45) is 5.16 Å². The second-order valence-corrected chi connectivity index (χ2v) is 12.6. The lowest BCUT2D eigenvalue weighted by Gasteiger charge is -2.50. The standard InChI is InChI=1S/C25H30N6O7S2/c1-31(9-2-3-10-31)11-4-6-14-12-39-21-17(20(33)30(21)18(14)22(34)35)28-19(32)16(15-13-40-24(26)27-15)29-38-25(23(36)37)7-5-8-25/h4,6,13,17,21H,2-3,5,7-12H2,1H3,(H4-,26,27,28,32,34,35,36,37)/b6-4?,29-16-/t17?,21-/m1/s1. The Morgan fingerprint density at radius 1 is 1.35 bits per heavy atom. The zero-order chi connectivity index (χ0) is 28.7. The molecule has 2 saturated heterocycles. The fourth-order valence-electron chi connectivity index (χ4n) is 5.28. The number of nitrogens with one attached hydrogen (secondary N) is 1. The highest BCUT2D eigenvalue weighted by molar-refractivity contribution is 8.00. The summed E-state index contributed by atoms with van der Waals surface area (Å²) in [5.74, 6) is -3.76. The number of amides is 2. The Kier molecular flexibility index (Phi) is 7.63. The first kappa shape index (κ1) is 28.1. The number of allylic oxidation sites excluding steroid dienone is 1. The summed E-state index contributed by atoms with van der Waals surface area (Å²) in [7, 11) is 2.17. The van der Waals surface area contributed by atoms with E-state index in [2.05, 4.69) is 22.5 Å². The van der Waals surface area contributed by atoms with Crippen LogP contribution in [0.4, 0.5) is 5.13 Å². The Bertz CT molecular complexity index is 1330. The van der Waals surface area contributed by atoms with Crippen molar-refractivity contribution in [3.8, 4) is 0 Å². The number of β-lactam (4-membered cyclic amide) rings is 1. The molecule has 5 rings (SSSR count). The van der Waals surface area contributed by atoms with Crippen LogP contribution in [0.5, 0.6) is 0 Å². The monoisotopic (exact) mass is 590 g/mol. The number of carboxylic acids is 2. The summed E-state index contributed by atoms with van der Waals surface area (Å²) in [4.78, 5) is 60.7. The molecule has 15 heteroatoms. The van der Waals surface area contributed by atoms with Gasteiger partial charge >= 0.3 is 5.97 Å². The first-order chi connectivity index (χ1) is 19.0. The van der Waals surface area contributed by atoms with Gasteiger partial charge in [0, 0.05) is 36.8 Å². The highest BCUT2D eigenvalue weighted by Gasteiger charge is 2.53. The molecule has 0 radical (unpaired) electrons. The van der Waals surface area contributed by atoms with E-state index in [4.69, 9.17) is 10.6 Å². The van der Waals surface area contributed by atoms with E-state index in [1.165, 1.54) is 30.0 Å². The van der Waals surface area contributed by atoms with Gasteiger partial charge in [0.1, 0.15) is 17.1 Å². The fourth-order valence-corrected chi connectivity index (χ4v) is 7.14. The van der Waals surface area contributed by atoms with Crippen molar-refractivity contribution in [1.29, 1.82) is 0 Å². The maximum atomic E-state index is 13.3. The molecule has 2 amide bonds. The lowest BCUT2D eigenvalue weighted by Crippen LogP contribution is -2.71. The van der Waals surface area contributed by atoms with Crippen LogP contribution in [0.25, 0.3) is 0 Å². The van der Waals surface area contributed by atoms with Crippen molar-refractivity contribution in [1.82, 2.24) is 15.2 Å². The number of aliphatic carboxylic acids is 2. The van der Waals surface area contributed by atoms with Gasteiger partial charge in [0.15, 0.2) is 10.8 Å². The lowest BCUT2D eigenvalue weighted by atomic mass is 9.80. The maximum Gasteiger partial charge on any atom is 0.350 e. The third kappa shape index (κ3) is 5.20. The van der Waals surface area contributed by atoms with Crippen LogP contribution >= 0.6 is 23.1 Å². The van der Waals surface area contributed by atoms with Crippen molar-refractivity contribution in [3.05, 3.63) is 34.5 Å². The Morgan fingerprint density at radius 2 is 2.08 bits per heavy atom. The molecule has 4 aliphatic rings. The largest absolute Gasteiger partial charge is 0.543 e. The summed E-state index contributed by atoms with van der Waals surface area (Å²) in [5, 5.41) is 29.0. The summed E-state index contributed by atoms with van der Waals surface area (Å²) >= 11 is 2.38. The number of thioether (sulfide) groups is 1. The zero-order valence-electron chi connectivity index (χ0n) is 21.8. The molecule has 1 unspecified atom stereocenters. The van der Waals surface area contributed by atoms with E-state index >= 15 is 0 Å². The number of carbonyl (C=O) groups excluding carboxylic acids is 3. The number of thiazole rings is 1. The van der Waals surface area contributed by atoms with Gasteiger partial charge < -0.3 is 35.4 Å². The van der Waals surface area contributed by atoms with Gasteiger partial charge in [0.05, 0.1) is 38.3 Å². The molecule has 1 aromatic rings. The highest BCUT2D eigenvalue weighted by Crippen LogP contribution is 2.41. The number of quaternary nitrogens is 1. The van der Waals surface area contributed by atoms with E-state index in [9.17, 15) is 29.4 Å². The number of nitrogens with zero attached hydrogens (tertiary/aromatic N) is 4. The number of nitrogen functional groups attached to an aromatic ring is 1. The van der Waals surface area contributed by atoms with Crippen LogP contribution in [-0.4, -0.2) is 98.4 Å².